The fourth-order valence-electron chi connectivity index (χ4n) is 7.29. The summed E-state index contributed by atoms with van der Waals surface area (Å²) in [7, 11) is 1.70. The third kappa shape index (κ3) is 4.98. The van der Waals surface area contributed by atoms with Gasteiger partial charge in [0.25, 0.3) is 0 Å². The Morgan fingerprint density at radius 1 is 0.542 bits per heavy atom. The summed E-state index contributed by atoms with van der Waals surface area (Å²) in [5.74, 6) is 0.489. The van der Waals surface area contributed by atoms with E-state index in [0.717, 1.165) is 71.7 Å². The Morgan fingerprint density at radius 2 is 1.00 bits per heavy atom. The lowest BCUT2D eigenvalue weighted by atomic mass is 10.1. The van der Waals surface area contributed by atoms with Crippen LogP contribution in [0.2, 0.25) is 0 Å². The van der Waals surface area contributed by atoms with Crippen molar-refractivity contribution in [3.8, 4) is 22.9 Å². The molecule has 0 aliphatic heterocycles. The Labute approximate surface area is 279 Å². The summed E-state index contributed by atoms with van der Waals surface area (Å²) in [5, 5.41) is 28.4. The van der Waals surface area contributed by atoms with Crippen LogP contribution in [0.5, 0.6) is 11.5 Å². The van der Waals surface area contributed by atoms with Crippen LogP contribution in [0.15, 0.2) is 127 Å². The van der Waals surface area contributed by atoms with Gasteiger partial charge in [-0.1, -0.05) is 91.0 Å². The van der Waals surface area contributed by atoms with Gasteiger partial charge >= 0.3 is 0 Å². The van der Waals surface area contributed by atoms with Gasteiger partial charge in [0.2, 0.25) is 0 Å². The van der Waals surface area contributed by atoms with Gasteiger partial charge in [0.15, 0.2) is 0 Å². The number of rotatable bonds is 9. The van der Waals surface area contributed by atoms with Crippen LogP contribution >= 0.6 is 0 Å². The van der Waals surface area contributed by atoms with E-state index in [1.54, 1.807) is 7.11 Å². The van der Waals surface area contributed by atoms with Crippen molar-refractivity contribution in [2.24, 2.45) is 0 Å². The van der Waals surface area contributed by atoms with Crippen molar-refractivity contribution in [2.45, 2.75) is 20.0 Å². The fraction of sp³-hybridized carbons (Fsp3) is 0.143. The molecular formula is C42H37N3O3. The molecule has 0 unspecified atom stereocenters. The highest BCUT2D eigenvalue weighted by Gasteiger charge is 2.21. The molecule has 0 spiro atoms. The van der Waals surface area contributed by atoms with Gasteiger partial charge in [0.05, 0.1) is 40.0 Å². The highest BCUT2D eigenvalue weighted by atomic mass is 16.5. The molecule has 8 rings (SSSR count). The summed E-state index contributed by atoms with van der Waals surface area (Å²) >= 11 is 0. The van der Waals surface area contributed by atoms with E-state index >= 15 is 0 Å². The molecule has 2 N–H and O–H groups in total. The van der Waals surface area contributed by atoms with Crippen molar-refractivity contribution in [1.29, 1.82) is 0 Å². The second kappa shape index (κ2) is 12.2. The maximum Gasteiger partial charge on any atom is 0.144 e. The zero-order valence-electron chi connectivity index (χ0n) is 27.1. The average molecular weight is 632 g/mol. The number of hydrogen-bond donors (Lipinski definition) is 2. The van der Waals surface area contributed by atoms with Crippen molar-refractivity contribution in [2.75, 3.05) is 20.3 Å². The predicted molar refractivity (Wildman–Crippen MR) is 196 cm³/mol. The number of aromatic nitrogens is 2. The van der Waals surface area contributed by atoms with Crippen LogP contribution < -0.4 is 0 Å². The third-order valence-corrected chi connectivity index (χ3v) is 9.45. The Balaban J connectivity index is 1.19. The molecule has 0 aliphatic carbocycles. The van der Waals surface area contributed by atoms with Gasteiger partial charge in [-0.05, 0) is 48.9 Å². The first-order valence-corrected chi connectivity index (χ1v) is 16.3. The number of hydrogen-bond acceptors (Lipinski definition) is 4. The van der Waals surface area contributed by atoms with Crippen LogP contribution in [-0.4, -0.2) is 44.5 Å². The molecule has 0 atom stereocenters. The molecule has 6 aromatic carbocycles. The SMILES string of the molecule is COCCN(Cc1cccc(-n2c3ccccc3c3ccccc32)c1O)Cc1cc(C)cc(-n2c3ccccc3c3ccccc32)c1O. The van der Waals surface area contributed by atoms with Crippen LogP contribution in [0, 0.1) is 6.92 Å². The van der Waals surface area contributed by atoms with Crippen molar-refractivity contribution in [3.63, 3.8) is 0 Å². The monoisotopic (exact) mass is 631 g/mol. The molecule has 0 saturated carbocycles. The number of aryl methyl sites for hydroxylation is 1. The highest BCUT2D eigenvalue weighted by Crippen LogP contribution is 2.39. The first kappa shape index (κ1) is 29.8. The van der Waals surface area contributed by atoms with Crippen LogP contribution in [0.25, 0.3) is 55.0 Å². The minimum atomic E-state index is 0.242. The summed E-state index contributed by atoms with van der Waals surface area (Å²) in [6.07, 6.45) is 0. The van der Waals surface area contributed by atoms with Gasteiger partial charge in [-0.25, -0.2) is 0 Å². The van der Waals surface area contributed by atoms with Gasteiger partial charge in [0.1, 0.15) is 11.5 Å². The molecule has 0 saturated heterocycles. The number of aromatic hydroxyl groups is 2. The van der Waals surface area contributed by atoms with Gasteiger partial charge in [0, 0.05) is 59.4 Å². The molecule has 0 amide bonds. The number of phenols is 2. The van der Waals surface area contributed by atoms with Crippen LogP contribution in [-0.2, 0) is 17.8 Å². The molecule has 48 heavy (non-hydrogen) atoms. The van der Waals surface area contributed by atoms with Gasteiger partial charge in [-0.15, -0.1) is 0 Å². The minimum Gasteiger partial charge on any atom is -0.505 e. The normalized spacial score (nSPS) is 11.9. The topological polar surface area (TPSA) is 62.8 Å². The summed E-state index contributed by atoms with van der Waals surface area (Å²) in [6, 6.07) is 43.4. The Bertz CT molecular complexity index is 2350. The molecule has 238 valence electrons. The largest absolute Gasteiger partial charge is 0.505 e. The van der Waals surface area contributed by atoms with Crippen molar-refractivity contribution < 1.29 is 14.9 Å². The highest BCUT2D eigenvalue weighted by molar-refractivity contribution is 6.10. The molecule has 6 heteroatoms. The molecule has 6 nitrogen and oxygen atoms in total. The van der Waals surface area contributed by atoms with E-state index in [9.17, 15) is 10.2 Å². The van der Waals surface area contributed by atoms with Crippen LogP contribution in [0.3, 0.4) is 0 Å². The lowest BCUT2D eigenvalue weighted by molar-refractivity contribution is 0.139. The van der Waals surface area contributed by atoms with Crippen LogP contribution in [0.4, 0.5) is 0 Å². The third-order valence-electron chi connectivity index (χ3n) is 9.45. The van der Waals surface area contributed by atoms with Gasteiger partial charge < -0.3 is 24.1 Å². The number of nitrogens with zero attached hydrogens (tertiary/aromatic N) is 3. The summed E-state index contributed by atoms with van der Waals surface area (Å²) in [6.45, 7) is 4.15. The molecule has 2 heterocycles. The zero-order chi connectivity index (χ0) is 32.8. The first-order chi connectivity index (χ1) is 23.5. The molecule has 0 radical (unpaired) electrons. The molecule has 0 fully saturated rings. The predicted octanol–water partition coefficient (Wildman–Crippen LogP) is 9.25. The lowest BCUT2D eigenvalue weighted by Crippen LogP contribution is -2.27. The zero-order valence-corrected chi connectivity index (χ0v) is 27.1. The molecule has 0 bridgehead atoms. The number of benzene rings is 6. The summed E-state index contributed by atoms with van der Waals surface area (Å²) in [4.78, 5) is 2.22. The van der Waals surface area contributed by atoms with E-state index in [4.69, 9.17) is 4.74 Å². The van der Waals surface area contributed by atoms with E-state index in [2.05, 4.69) is 106 Å². The van der Waals surface area contributed by atoms with Crippen molar-refractivity contribution in [3.05, 3.63) is 144 Å². The van der Waals surface area contributed by atoms with Gasteiger partial charge in [-0.2, -0.15) is 0 Å². The number of fused-ring (bicyclic) bond motifs is 6. The fourth-order valence-corrected chi connectivity index (χ4v) is 7.29. The van der Waals surface area contributed by atoms with E-state index in [1.165, 1.54) is 0 Å². The molecule has 8 aromatic rings. The molecule has 2 aromatic heterocycles. The van der Waals surface area contributed by atoms with E-state index < -0.39 is 0 Å². The Hall–Kier alpha value is -5.56. The smallest absolute Gasteiger partial charge is 0.144 e. The van der Waals surface area contributed by atoms with E-state index in [0.29, 0.717) is 26.2 Å². The maximum atomic E-state index is 11.9. The van der Waals surface area contributed by atoms with Crippen LogP contribution in [0.1, 0.15) is 16.7 Å². The lowest BCUT2D eigenvalue weighted by Gasteiger charge is -2.25. The molecule has 0 aliphatic rings. The van der Waals surface area contributed by atoms with Gasteiger partial charge in [-0.3, -0.25) is 4.90 Å². The van der Waals surface area contributed by atoms with Crippen molar-refractivity contribution in [1.82, 2.24) is 14.0 Å². The average Bonchev–Trinajstić information content (AvgIpc) is 3.62. The second-order valence-corrected chi connectivity index (χ2v) is 12.5. The number of para-hydroxylation sites is 5. The number of ether oxygens (including phenoxy) is 1. The van der Waals surface area contributed by atoms with Crippen molar-refractivity contribution >= 4 is 43.6 Å². The quantitative estimate of drug-likeness (QED) is 0.167. The number of phenolic OH excluding ortho intramolecular Hbond substituents is 2. The Kier molecular flexibility index (Phi) is 7.60. The van der Waals surface area contributed by atoms with E-state index in [-0.39, 0.29) is 11.5 Å². The second-order valence-electron chi connectivity index (χ2n) is 12.5. The van der Waals surface area contributed by atoms with E-state index in [1.807, 2.05) is 42.5 Å². The first-order valence-electron chi connectivity index (χ1n) is 16.3. The minimum absolute atomic E-state index is 0.242. The Morgan fingerprint density at radius 3 is 1.52 bits per heavy atom. The standard InChI is InChI=1S/C42H37N3O3/c1-28-24-30(42(47)40(25-28)45-37-19-9-5-15-33(37)34-16-6-10-20-38(34)45)27-43(22-23-48-2)26-29-12-11-21-39(41(29)46)44-35-17-7-3-13-31(35)32-14-4-8-18-36(32)44/h3-21,24-25,46-47H,22-23,26-27H2,1-2H3. The number of methoxy groups -OCH3 is 1. The maximum absolute atomic E-state index is 11.9. The summed E-state index contributed by atoms with van der Waals surface area (Å²) < 4.78 is 9.83. The molecular weight excluding hydrogens is 594 g/mol. The summed E-state index contributed by atoms with van der Waals surface area (Å²) in [5.41, 5.74) is 8.37.